The topological polar surface area (TPSA) is 83.0 Å². The van der Waals surface area contributed by atoms with Gasteiger partial charge in [-0.15, -0.1) is 0 Å². The van der Waals surface area contributed by atoms with Crippen LogP contribution in [0.3, 0.4) is 0 Å². The lowest BCUT2D eigenvalue weighted by Crippen LogP contribution is -2.40. The van der Waals surface area contributed by atoms with Gasteiger partial charge in [0.05, 0.1) is 25.0 Å². The summed E-state index contributed by atoms with van der Waals surface area (Å²) in [6.07, 6.45) is 1.13. The van der Waals surface area contributed by atoms with E-state index in [1.54, 1.807) is 24.3 Å². The van der Waals surface area contributed by atoms with Crippen molar-refractivity contribution >= 4 is 33.3 Å². The molecule has 0 fully saturated rings. The maximum absolute atomic E-state index is 11.6. The summed E-state index contributed by atoms with van der Waals surface area (Å²) < 4.78 is 31.4. The average Bonchev–Trinajstić information content (AvgIpc) is 2.66. The number of guanidine groups is 1. The number of nitrogens with zero attached hydrogens (tertiary/aromatic N) is 2. The molecular weight excluding hydrogens is 412 g/mol. The number of para-hydroxylation sites is 1. The molecule has 0 bridgehead atoms. The molecule has 0 atom stereocenters. The molecule has 158 valence electrons. The molecule has 0 unspecified atom stereocenters. The predicted molar refractivity (Wildman–Crippen MR) is 119 cm³/mol. The summed E-state index contributed by atoms with van der Waals surface area (Å²) in [4.78, 5) is 6.60. The molecule has 0 spiro atoms. The zero-order valence-corrected chi connectivity index (χ0v) is 18.4. The van der Waals surface area contributed by atoms with Gasteiger partial charge in [-0.1, -0.05) is 29.8 Å². The summed E-state index contributed by atoms with van der Waals surface area (Å²) in [6, 6.07) is 14.4. The first-order chi connectivity index (χ1) is 13.8. The summed E-state index contributed by atoms with van der Waals surface area (Å²) in [6.45, 7) is 4.15. The minimum absolute atomic E-state index is 0.337. The number of benzene rings is 2. The van der Waals surface area contributed by atoms with Gasteiger partial charge in [-0.3, -0.25) is 4.72 Å². The molecule has 7 nitrogen and oxygen atoms in total. The Morgan fingerprint density at radius 2 is 1.86 bits per heavy atom. The van der Waals surface area contributed by atoms with E-state index in [1.807, 2.05) is 43.1 Å². The highest BCUT2D eigenvalue weighted by molar-refractivity contribution is 7.92. The first-order valence-corrected chi connectivity index (χ1v) is 11.5. The van der Waals surface area contributed by atoms with Gasteiger partial charge < -0.3 is 15.0 Å². The van der Waals surface area contributed by atoms with Crippen LogP contribution in [0.2, 0.25) is 5.02 Å². The van der Waals surface area contributed by atoms with E-state index in [1.165, 1.54) is 0 Å². The first-order valence-electron chi connectivity index (χ1n) is 9.22. The van der Waals surface area contributed by atoms with Gasteiger partial charge in [0.25, 0.3) is 0 Å². The fourth-order valence-electron chi connectivity index (χ4n) is 2.52. The monoisotopic (exact) mass is 438 g/mol. The number of hydrogen-bond acceptors (Lipinski definition) is 4. The van der Waals surface area contributed by atoms with Crippen LogP contribution < -0.4 is 14.8 Å². The molecule has 0 aliphatic rings. The summed E-state index contributed by atoms with van der Waals surface area (Å²) >= 11 is 5.88. The number of hydrogen-bond donors (Lipinski definition) is 2. The molecule has 2 aromatic rings. The summed E-state index contributed by atoms with van der Waals surface area (Å²) in [7, 11) is -1.43. The van der Waals surface area contributed by atoms with Crippen LogP contribution in [0.15, 0.2) is 53.5 Å². The zero-order chi connectivity index (χ0) is 21.3. The molecule has 0 amide bonds. The van der Waals surface area contributed by atoms with Crippen LogP contribution in [0.1, 0.15) is 12.5 Å². The largest absolute Gasteiger partial charge is 0.492 e. The Labute approximate surface area is 177 Å². The number of likely N-dealkylation sites (N-methyl/N-ethyl adjacent to an activating group) is 1. The Morgan fingerprint density at radius 3 is 2.52 bits per heavy atom. The Balaban J connectivity index is 2.00. The lowest BCUT2D eigenvalue weighted by atomic mass is 10.2. The molecule has 2 aromatic carbocycles. The van der Waals surface area contributed by atoms with E-state index in [-0.39, 0.29) is 0 Å². The summed E-state index contributed by atoms with van der Waals surface area (Å²) in [5.74, 6) is 1.46. The van der Waals surface area contributed by atoms with Gasteiger partial charge >= 0.3 is 0 Å². The Morgan fingerprint density at radius 1 is 1.17 bits per heavy atom. The fraction of sp³-hybridized carbons (Fsp3) is 0.350. The number of rotatable bonds is 9. The maximum atomic E-state index is 11.6. The molecule has 0 aliphatic carbocycles. The average molecular weight is 439 g/mol. The molecule has 29 heavy (non-hydrogen) atoms. The molecule has 0 radical (unpaired) electrons. The van der Waals surface area contributed by atoms with Crippen LogP contribution >= 0.6 is 11.6 Å². The smallest absolute Gasteiger partial charge is 0.229 e. The molecule has 2 rings (SSSR count). The summed E-state index contributed by atoms with van der Waals surface area (Å²) in [5, 5.41) is 3.91. The van der Waals surface area contributed by atoms with Crippen molar-refractivity contribution in [2.45, 2.75) is 13.5 Å². The Bertz CT molecular complexity index is 918. The quantitative estimate of drug-likeness (QED) is 0.464. The van der Waals surface area contributed by atoms with Gasteiger partial charge in [0.15, 0.2) is 5.96 Å². The van der Waals surface area contributed by atoms with Crippen molar-refractivity contribution < 1.29 is 13.2 Å². The number of halogens is 1. The lowest BCUT2D eigenvalue weighted by Gasteiger charge is -2.22. The molecule has 9 heteroatoms. The summed E-state index contributed by atoms with van der Waals surface area (Å²) in [5.41, 5.74) is 1.32. The van der Waals surface area contributed by atoms with Crippen LogP contribution in [-0.2, 0) is 16.6 Å². The highest BCUT2D eigenvalue weighted by Gasteiger charge is 2.09. The molecule has 0 aromatic heterocycles. The van der Waals surface area contributed by atoms with Crippen molar-refractivity contribution in [2.75, 3.05) is 37.7 Å². The van der Waals surface area contributed by atoms with Gasteiger partial charge in [0.1, 0.15) is 12.4 Å². The molecule has 0 saturated heterocycles. The van der Waals surface area contributed by atoms with E-state index >= 15 is 0 Å². The number of nitrogens with one attached hydrogen (secondary N) is 2. The second-order valence-electron chi connectivity index (χ2n) is 6.43. The second kappa shape index (κ2) is 10.9. The molecule has 0 saturated carbocycles. The minimum atomic E-state index is -3.36. The van der Waals surface area contributed by atoms with E-state index in [4.69, 9.17) is 16.3 Å². The van der Waals surface area contributed by atoms with Crippen LogP contribution in [-0.4, -0.2) is 52.3 Å². The van der Waals surface area contributed by atoms with Gasteiger partial charge in [-0.2, -0.15) is 0 Å². The standard InChI is InChI=1S/C20H27ClN4O3S/c1-4-22-20(25(2)13-14-28-18-11-9-17(21)10-12-18)23-15-16-7-5-6-8-19(16)24-29(3,26)27/h5-12,24H,4,13-15H2,1-3H3,(H,22,23). The molecule has 0 aliphatic heterocycles. The van der Waals surface area contributed by atoms with Crippen LogP contribution in [0.5, 0.6) is 5.75 Å². The zero-order valence-electron chi connectivity index (χ0n) is 16.9. The third-order valence-corrected chi connectivity index (χ3v) is 4.76. The Kier molecular flexibility index (Phi) is 8.60. The van der Waals surface area contributed by atoms with Gasteiger partial charge in [0, 0.05) is 18.6 Å². The van der Waals surface area contributed by atoms with Crippen molar-refractivity contribution in [1.29, 1.82) is 0 Å². The third kappa shape index (κ3) is 8.21. The van der Waals surface area contributed by atoms with Gasteiger partial charge in [-0.05, 0) is 42.8 Å². The van der Waals surface area contributed by atoms with Crippen molar-refractivity contribution in [2.24, 2.45) is 4.99 Å². The molecule has 0 heterocycles. The normalized spacial score (nSPS) is 11.8. The second-order valence-corrected chi connectivity index (χ2v) is 8.61. The first kappa shape index (κ1) is 22.8. The lowest BCUT2D eigenvalue weighted by molar-refractivity contribution is 0.281. The van der Waals surface area contributed by atoms with Gasteiger partial charge in [-0.25, -0.2) is 13.4 Å². The third-order valence-electron chi connectivity index (χ3n) is 3.92. The molecular formula is C20H27ClN4O3S. The van der Waals surface area contributed by atoms with E-state index in [0.717, 1.165) is 17.6 Å². The van der Waals surface area contributed by atoms with Crippen LogP contribution in [0.4, 0.5) is 5.69 Å². The van der Waals surface area contributed by atoms with Crippen molar-refractivity contribution in [3.05, 3.63) is 59.1 Å². The predicted octanol–water partition coefficient (Wildman–Crippen LogP) is 3.19. The maximum Gasteiger partial charge on any atom is 0.229 e. The highest BCUT2D eigenvalue weighted by atomic mass is 35.5. The van der Waals surface area contributed by atoms with Crippen molar-refractivity contribution in [1.82, 2.24) is 10.2 Å². The SMILES string of the molecule is CCNC(=NCc1ccccc1NS(C)(=O)=O)N(C)CCOc1ccc(Cl)cc1. The van der Waals surface area contributed by atoms with Crippen LogP contribution in [0.25, 0.3) is 0 Å². The number of anilines is 1. The van der Waals surface area contributed by atoms with E-state index < -0.39 is 10.0 Å². The molecule has 2 N–H and O–H groups in total. The van der Waals surface area contributed by atoms with E-state index in [0.29, 0.717) is 42.9 Å². The highest BCUT2D eigenvalue weighted by Crippen LogP contribution is 2.17. The van der Waals surface area contributed by atoms with Crippen molar-refractivity contribution in [3.8, 4) is 5.75 Å². The minimum Gasteiger partial charge on any atom is -0.492 e. The Hall–Kier alpha value is -2.45. The van der Waals surface area contributed by atoms with Crippen LogP contribution in [0, 0.1) is 0 Å². The van der Waals surface area contributed by atoms with E-state index in [2.05, 4.69) is 15.0 Å². The number of aliphatic imine (C=N–C) groups is 1. The fourth-order valence-corrected chi connectivity index (χ4v) is 3.25. The number of ether oxygens (including phenoxy) is 1. The van der Waals surface area contributed by atoms with Crippen molar-refractivity contribution in [3.63, 3.8) is 0 Å². The van der Waals surface area contributed by atoms with Gasteiger partial charge in [0.2, 0.25) is 10.0 Å². The number of sulfonamides is 1. The van der Waals surface area contributed by atoms with E-state index in [9.17, 15) is 8.42 Å².